The minimum Gasteiger partial charge on any atom is -0.495 e. The van der Waals surface area contributed by atoms with Gasteiger partial charge in [0.2, 0.25) is 0 Å². The van der Waals surface area contributed by atoms with Crippen molar-refractivity contribution in [3.63, 3.8) is 0 Å². The Hall–Kier alpha value is -1.48. The Bertz CT molecular complexity index is 753. The molecule has 2 N–H and O–H groups in total. The van der Waals surface area contributed by atoms with Gasteiger partial charge >= 0.3 is 0 Å². The number of ether oxygens (including phenoxy) is 1. The van der Waals surface area contributed by atoms with Crippen LogP contribution >= 0.6 is 35.3 Å². The van der Waals surface area contributed by atoms with Crippen molar-refractivity contribution in [2.24, 2.45) is 10.9 Å². The summed E-state index contributed by atoms with van der Waals surface area (Å²) in [5.41, 5.74) is 2.56. The highest BCUT2D eigenvalue weighted by Crippen LogP contribution is 2.31. The van der Waals surface area contributed by atoms with Crippen LogP contribution in [0.4, 0.5) is 5.69 Å². The first-order valence-corrected chi connectivity index (χ1v) is 11.1. The van der Waals surface area contributed by atoms with E-state index in [1.807, 2.05) is 12.1 Å². The zero-order valence-electron chi connectivity index (χ0n) is 17.6. The van der Waals surface area contributed by atoms with E-state index in [4.69, 9.17) is 9.73 Å². The van der Waals surface area contributed by atoms with Crippen molar-refractivity contribution in [3.05, 3.63) is 46.7 Å². The Morgan fingerprint density at radius 2 is 2.14 bits per heavy atom. The van der Waals surface area contributed by atoms with Crippen molar-refractivity contribution in [2.45, 2.75) is 26.2 Å². The van der Waals surface area contributed by atoms with E-state index in [9.17, 15) is 0 Å². The van der Waals surface area contributed by atoms with Crippen molar-refractivity contribution in [3.8, 4) is 5.75 Å². The second kappa shape index (κ2) is 12.3. The molecule has 1 aromatic carbocycles. The highest BCUT2D eigenvalue weighted by Gasteiger charge is 2.24. The molecule has 3 rings (SSSR count). The number of hydrogen-bond acceptors (Lipinski definition) is 4. The SMILES string of the molecule is CCNC(=NCC(C)c1ccsc1)NCC1CCN(c2ccccc2OC)C1.I. The molecule has 7 heteroatoms. The Balaban J connectivity index is 0.00000300. The topological polar surface area (TPSA) is 48.9 Å². The van der Waals surface area contributed by atoms with Gasteiger partial charge in [0.05, 0.1) is 12.8 Å². The molecule has 5 nitrogen and oxygen atoms in total. The number of nitrogens with zero attached hydrogens (tertiary/aromatic N) is 2. The molecule has 2 atom stereocenters. The number of benzene rings is 1. The third kappa shape index (κ3) is 6.77. The number of guanidine groups is 1. The van der Waals surface area contributed by atoms with E-state index in [-0.39, 0.29) is 24.0 Å². The second-order valence-corrected chi connectivity index (χ2v) is 8.11. The summed E-state index contributed by atoms with van der Waals surface area (Å²) in [6.07, 6.45) is 1.18. The molecule has 2 aromatic rings. The van der Waals surface area contributed by atoms with Crippen LogP contribution in [0.25, 0.3) is 0 Å². The van der Waals surface area contributed by atoms with Gasteiger partial charge in [0.1, 0.15) is 5.75 Å². The monoisotopic (exact) mass is 528 g/mol. The van der Waals surface area contributed by atoms with Crippen LogP contribution in [0, 0.1) is 5.92 Å². The number of aliphatic imine (C=N–C) groups is 1. The second-order valence-electron chi connectivity index (χ2n) is 7.33. The van der Waals surface area contributed by atoms with Crippen molar-refractivity contribution in [1.82, 2.24) is 10.6 Å². The lowest BCUT2D eigenvalue weighted by atomic mass is 10.1. The number of methoxy groups -OCH3 is 1. The lowest BCUT2D eigenvalue weighted by molar-refractivity contribution is 0.414. The van der Waals surface area contributed by atoms with Crippen LogP contribution in [0.2, 0.25) is 0 Å². The number of thiophene rings is 1. The largest absolute Gasteiger partial charge is 0.495 e. The molecule has 0 saturated carbocycles. The molecule has 0 bridgehead atoms. The average Bonchev–Trinajstić information content (AvgIpc) is 3.42. The van der Waals surface area contributed by atoms with Crippen LogP contribution in [0.15, 0.2) is 46.1 Å². The number of nitrogens with one attached hydrogen (secondary N) is 2. The van der Waals surface area contributed by atoms with Gasteiger partial charge in [-0.3, -0.25) is 4.99 Å². The third-order valence-electron chi connectivity index (χ3n) is 5.25. The predicted octanol–water partition coefficient (Wildman–Crippen LogP) is 4.56. The van der Waals surface area contributed by atoms with Gasteiger partial charge in [0, 0.05) is 38.6 Å². The van der Waals surface area contributed by atoms with E-state index < -0.39 is 0 Å². The molecule has 1 saturated heterocycles. The van der Waals surface area contributed by atoms with Gasteiger partial charge in [0.25, 0.3) is 0 Å². The first-order valence-electron chi connectivity index (χ1n) is 10.1. The minimum atomic E-state index is 0. The van der Waals surface area contributed by atoms with Crippen LogP contribution in [0.1, 0.15) is 31.7 Å². The Kier molecular flexibility index (Phi) is 10.1. The standard InChI is InChI=1S/C22H32N4OS.HI/c1-4-23-22(24-13-17(2)19-10-12-28-16-19)25-14-18-9-11-26(15-18)20-7-5-6-8-21(20)27-3;/h5-8,10,12,16-18H,4,9,11,13-15H2,1-3H3,(H2,23,24,25);1H. The van der Waals surface area contributed by atoms with Crippen molar-refractivity contribution in [2.75, 3.05) is 44.7 Å². The molecule has 0 spiro atoms. The Labute approximate surface area is 196 Å². The maximum absolute atomic E-state index is 5.52. The number of anilines is 1. The predicted molar refractivity (Wildman–Crippen MR) is 135 cm³/mol. The molecular formula is C22H33IN4OS. The fraction of sp³-hybridized carbons (Fsp3) is 0.500. The molecule has 1 aromatic heterocycles. The van der Waals surface area contributed by atoms with Crippen molar-refractivity contribution < 1.29 is 4.74 Å². The maximum atomic E-state index is 5.52. The van der Waals surface area contributed by atoms with E-state index in [1.54, 1.807) is 18.4 Å². The molecule has 29 heavy (non-hydrogen) atoms. The maximum Gasteiger partial charge on any atom is 0.191 e. The minimum absolute atomic E-state index is 0. The summed E-state index contributed by atoms with van der Waals surface area (Å²) < 4.78 is 5.52. The fourth-order valence-electron chi connectivity index (χ4n) is 3.58. The van der Waals surface area contributed by atoms with Gasteiger partial charge in [-0.25, -0.2) is 0 Å². The molecule has 1 fully saturated rings. The zero-order valence-corrected chi connectivity index (χ0v) is 20.7. The first-order chi connectivity index (χ1) is 13.7. The molecule has 1 aliphatic rings. The molecule has 0 radical (unpaired) electrons. The van der Waals surface area contributed by atoms with Gasteiger partial charge in [-0.05, 0) is 53.8 Å². The number of para-hydroxylation sites is 2. The summed E-state index contributed by atoms with van der Waals surface area (Å²) in [6.45, 7) is 9.05. The lowest BCUT2D eigenvalue weighted by Gasteiger charge is -2.21. The summed E-state index contributed by atoms with van der Waals surface area (Å²) in [6, 6.07) is 10.5. The molecule has 0 aliphatic carbocycles. The van der Waals surface area contributed by atoms with Crippen LogP contribution in [0.5, 0.6) is 5.75 Å². The lowest BCUT2D eigenvalue weighted by Crippen LogP contribution is -2.40. The summed E-state index contributed by atoms with van der Waals surface area (Å²) in [5.74, 6) is 2.91. The number of halogens is 1. The van der Waals surface area contributed by atoms with Crippen LogP contribution in [-0.2, 0) is 0 Å². The summed E-state index contributed by atoms with van der Waals surface area (Å²) in [5, 5.41) is 11.3. The van der Waals surface area contributed by atoms with Gasteiger partial charge < -0.3 is 20.3 Å². The normalized spacial score (nSPS) is 17.6. The first kappa shape index (κ1) is 23.8. The van der Waals surface area contributed by atoms with Crippen LogP contribution in [0.3, 0.4) is 0 Å². The smallest absolute Gasteiger partial charge is 0.191 e. The molecule has 2 heterocycles. The molecule has 2 unspecified atom stereocenters. The van der Waals surface area contributed by atoms with Gasteiger partial charge in [-0.15, -0.1) is 24.0 Å². The zero-order chi connectivity index (χ0) is 19.8. The van der Waals surface area contributed by atoms with Gasteiger partial charge in [0.15, 0.2) is 5.96 Å². The summed E-state index contributed by atoms with van der Waals surface area (Å²) >= 11 is 1.75. The van der Waals surface area contributed by atoms with E-state index in [0.29, 0.717) is 11.8 Å². The third-order valence-corrected chi connectivity index (χ3v) is 5.95. The fourth-order valence-corrected chi connectivity index (χ4v) is 4.36. The van der Waals surface area contributed by atoms with Crippen molar-refractivity contribution in [1.29, 1.82) is 0 Å². The van der Waals surface area contributed by atoms with Gasteiger partial charge in [-0.1, -0.05) is 19.1 Å². The summed E-state index contributed by atoms with van der Waals surface area (Å²) in [4.78, 5) is 7.22. The molecular weight excluding hydrogens is 495 g/mol. The van der Waals surface area contributed by atoms with Crippen LogP contribution < -0.4 is 20.3 Å². The quantitative estimate of drug-likeness (QED) is 0.300. The van der Waals surface area contributed by atoms with Crippen molar-refractivity contribution >= 4 is 47.0 Å². The Morgan fingerprint density at radius 3 is 2.86 bits per heavy atom. The highest BCUT2D eigenvalue weighted by molar-refractivity contribution is 14.0. The van der Waals surface area contributed by atoms with E-state index >= 15 is 0 Å². The van der Waals surface area contributed by atoms with Gasteiger partial charge in [-0.2, -0.15) is 11.3 Å². The van der Waals surface area contributed by atoms with E-state index in [2.05, 4.69) is 58.3 Å². The Morgan fingerprint density at radius 1 is 1.31 bits per heavy atom. The average molecular weight is 529 g/mol. The molecule has 0 amide bonds. The van der Waals surface area contributed by atoms with E-state index in [0.717, 1.165) is 44.4 Å². The van der Waals surface area contributed by atoms with E-state index in [1.165, 1.54) is 17.7 Å². The molecule has 160 valence electrons. The number of rotatable bonds is 8. The van der Waals surface area contributed by atoms with Crippen LogP contribution in [-0.4, -0.2) is 45.8 Å². The molecule has 1 aliphatic heterocycles. The summed E-state index contributed by atoms with van der Waals surface area (Å²) in [7, 11) is 1.74. The highest BCUT2D eigenvalue weighted by atomic mass is 127. The number of hydrogen-bond donors (Lipinski definition) is 2.